The van der Waals surface area contributed by atoms with E-state index in [1.807, 2.05) is 0 Å². The van der Waals surface area contributed by atoms with E-state index in [2.05, 4.69) is 4.98 Å². The molecule has 1 aromatic rings. The molecule has 0 aliphatic rings. The fraction of sp³-hybridized carbons (Fsp3) is 0.200. The van der Waals surface area contributed by atoms with Crippen LogP contribution in [0.2, 0.25) is 0 Å². The first-order valence-corrected chi connectivity index (χ1v) is 4.53. The molecule has 7 nitrogen and oxygen atoms in total. The van der Waals surface area contributed by atoms with Crippen LogP contribution in [0.5, 0.6) is 0 Å². The number of H-pyrrole nitrogens is 1. The molecule has 0 aliphatic heterocycles. The van der Waals surface area contributed by atoms with E-state index in [-0.39, 0.29) is 9.67 Å². The van der Waals surface area contributed by atoms with E-state index in [0.717, 1.165) is 6.07 Å². The normalized spacial score (nSPS) is 11.5. The monoisotopic (exact) mass is 206 g/mol. The lowest BCUT2D eigenvalue weighted by atomic mass is 10.5. The molecule has 0 atom stereocenters. The smallest absolute Gasteiger partial charge is 0.310 e. The molecule has 0 aliphatic carbocycles. The summed E-state index contributed by atoms with van der Waals surface area (Å²) < 4.78 is 29.2. The summed E-state index contributed by atoms with van der Waals surface area (Å²) in [6.45, 7) is 1.41. The maximum Gasteiger partial charge on any atom is 0.370 e. The second-order valence-corrected chi connectivity index (χ2v) is 3.60. The number of rotatable bonds is 1. The van der Waals surface area contributed by atoms with Gasteiger partial charge in [0.25, 0.3) is 5.56 Å². The molecule has 72 valence electrons. The number of aromatic amines is 1. The Labute approximate surface area is 72.5 Å². The molecule has 13 heavy (non-hydrogen) atoms. The summed E-state index contributed by atoms with van der Waals surface area (Å²) in [7, 11) is -4.82. The Kier molecular flexibility index (Phi) is 2.10. The van der Waals surface area contributed by atoms with Crippen molar-refractivity contribution in [3.63, 3.8) is 0 Å². The van der Waals surface area contributed by atoms with Gasteiger partial charge in [0.1, 0.15) is 0 Å². The van der Waals surface area contributed by atoms with Crippen molar-refractivity contribution in [2.45, 2.75) is 6.92 Å². The van der Waals surface area contributed by atoms with E-state index in [9.17, 15) is 18.0 Å². The minimum atomic E-state index is -4.82. The van der Waals surface area contributed by atoms with Crippen molar-refractivity contribution in [2.75, 3.05) is 0 Å². The molecule has 1 aromatic heterocycles. The Morgan fingerprint density at radius 3 is 2.38 bits per heavy atom. The molecule has 0 aromatic carbocycles. The van der Waals surface area contributed by atoms with Crippen molar-refractivity contribution in [2.24, 2.45) is 0 Å². The molecular weight excluding hydrogens is 200 g/mol. The van der Waals surface area contributed by atoms with E-state index in [1.54, 1.807) is 0 Å². The maximum absolute atomic E-state index is 10.9. The highest BCUT2D eigenvalue weighted by Gasteiger charge is 2.14. The molecule has 0 saturated carbocycles. The Hall–Kier alpha value is -1.41. The van der Waals surface area contributed by atoms with Crippen LogP contribution >= 0.6 is 0 Å². The van der Waals surface area contributed by atoms with Crippen LogP contribution in [0, 0.1) is 6.92 Å². The third-order valence-electron chi connectivity index (χ3n) is 1.26. The molecule has 8 heteroatoms. The number of nitrogens with zero attached hydrogens (tertiary/aromatic N) is 1. The predicted molar refractivity (Wildman–Crippen MR) is 43.0 cm³/mol. The summed E-state index contributed by atoms with van der Waals surface area (Å²) in [4.78, 5) is 23.8. The first kappa shape index (κ1) is 9.68. The van der Waals surface area contributed by atoms with Crippen LogP contribution in [0.15, 0.2) is 15.7 Å². The van der Waals surface area contributed by atoms with Crippen molar-refractivity contribution >= 4 is 10.3 Å². The molecule has 1 rings (SSSR count). The van der Waals surface area contributed by atoms with Gasteiger partial charge in [-0.1, -0.05) is 0 Å². The van der Waals surface area contributed by atoms with E-state index in [4.69, 9.17) is 4.55 Å². The number of aromatic nitrogens is 2. The van der Waals surface area contributed by atoms with Gasteiger partial charge >= 0.3 is 16.0 Å². The zero-order chi connectivity index (χ0) is 10.2. The van der Waals surface area contributed by atoms with Crippen LogP contribution in [-0.4, -0.2) is 21.9 Å². The van der Waals surface area contributed by atoms with E-state index < -0.39 is 21.6 Å². The van der Waals surface area contributed by atoms with Gasteiger partial charge in [-0.15, -0.1) is 3.97 Å². The zero-order valence-electron chi connectivity index (χ0n) is 6.51. The Morgan fingerprint density at radius 2 is 2.00 bits per heavy atom. The minimum absolute atomic E-state index is 0.218. The molecule has 0 spiro atoms. The van der Waals surface area contributed by atoms with Crippen LogP contribution in [-0.2, 0) is 10.3 Å². The minimum Gasteiger partial charge on any atom is -0.310 e. The summed E-state index contributed by atoms with van der Waals surface area (Å²) in [6, 6.07) is 0.884. The Morgan fingerprint density at radius 1 is 1.46 bits per heavy atom. The van der Waals surface area contributed by atoms with Crippen molar-refractivity contribution in [1.82, 2.24) is 8.96 Å². The number of nitrogens with one attached hydrogen (secondary N) is 1. The standard InChI is InChI=1S/C5H6N2O5S/c1-3-2-4(8)7(5(9)6-3)13(10,11)12/h2H,1H3,(H,6,9)(H,10,11,12). The van der Waals surface area contributed by atoms with Crippen molar-refractivity contribution in [3.8, 4) is 0 Å². The van der Waals surface area contributed by atoms with Gasteiger partial charge in [0.2, 0.25) is 0 Å². The lowest BCUT2D eigenvalue weighted by Gasteiger charge is -1.98. The highest BCUT2D eigenvalue weighted by molar-refractivity contribution is 7.84. The molecule has 1 heterocycles. The third kappa shape index (κ3) is 1.84. The Balaban J connectivity index is 3.78. The summed E-state index contributed by atoms with van der Waals surface area (Å²) in [5.41, 5.74) is -2.06. The van der Waals surface area contributed by atoms with Gasteiger partial charge in [-0.3, -0.25) is 9.35 Å². The summed E-state index contributed by atoms with van der Waals surface area (Å²) in [5.74, 6) is 0. The van der Waals surface area contributed by atoms with Crippen molar-refractivity contribution in [1.29, 1.82) is 0 Å². The fourth-order valence-corrected chi connectivity index (χ4v) is 1.35. The van der Waals surface area contributed by atoms with E-state index in [0.29, 0.717) is 0 Å². The average Bonchev–Trinajstić information content (AvgIpc) is 1.78. The molecule has 0 amide bonds. The maximum atomic E-state index is 10.9. The molecular formula is C5H6N2O5S. The lowest BCUT2D eigenvalue weighted by molar-refractivity contribution is 0.467. The van der Waals surface area contributed by atoms with Crippen LogP contribution in [0.25, 0.3) is 0 Å². The van der Waals surface area contributed by atoms with Crippen LogP contribution in [0.3, 0.4) is 0 Å². The molecule has 0 bridgehead atoms. The number of hydrogen-bond acceptors (Lipinski definition) is 4. The first-order valence-electron chi connectivity index (χ1n) is 3.13. The number of hydrogen-bond donors (Lipinski definition) is 2. The van der Waals surface area contributed by atoms with Gasteiger partial charge in [-0.2, -0.15) is 8.42 Å². The average molecular weight is 206 g/mol. The molecule has 0 fully saturated rings. The predicted octanol–water partition coefficient (Wildman–Crippen LogP) is -1.50. The lowest BCUT2D eigenvalue weighted by Crippen LogP contribution is -2.39. The largest absolute Gasteiger partial charge is 0.370 e. The van der Waals surface area contributed by atoms with Crippen molar-refractivity contribution < 1.29 is 13.0 Å². The highest BCUT2D eigenvalue weighted by Crippen LogP contribution is 1.83. The van der Waals surface area contributed by atoms with Crippen LogP contribution < -0.4 is 11.2 Å². The molecule has 2 N–H and O–H groups in total. The van der Waals surface area contributed by atoms with Gasteiger partial charge in [0.15, 0.2) is 0 Å². The zero-order valence-corrected chi connectivity index (χ0v) is 7.33. The van der Waals surface area contributed by atoms with E-state index in [1.165, 1.54) is 6.92 Å². The summed E-state index contributed by atoms with van der Waals surface area (Å²) in [5, 5.41) is 0. The van der Waals surface area contributed by atoms with Gasteiger partial charge in [-0.25, -0.2) is 4.79 Å². The van der Waals surface area contributed by atoms with Crippen molar-refractivity contribution in [3.05, 3.63) is 32.6 Å². The third-order valence-corrected chi connectivity index (χ3v) is 2.07. The second kappa shape index (κ2) is 2.82. The van der Waals surface area contributed by atoms with Crippen LogP contribution in [0.1, 0.15) is 5.69 Å². The van der Waals surface area contributed by atoms with Crippen LogP contribution in [0.4, 0.5) is 0 Å². The van der Waals surface area contributed by atoms with E-state index >= 15 is 0 Å². The second-order valence-electron chi connectivity index (χ2n) is 2.34. The molecule has 0 saturated heterocycles. The summed E-state index contributed by atoms with van der Waals surface area (Å²) in [6.07, 6.45) is 0. The van der Waals surface area contributed by atoms with Gasteiger partial charge in [0, 0.05) is 11.8 Å². The Bertz CT molecular complexity index is 506. The molecule has 0 unspecified atom stereocenters. The number of aryl methyl sites for hydroxylation is 1. The van der Waals surface area contributed by atoms with Gasteiger partial charge < -0.3 is 4.98 Å². The first-order chi connectivity index (χ1) is 5.82. The topological polar surface area (TPSA) is 109 Å². The van der Waals surface area contributed by atoms with Gasteiger partial charge in [0.05, 0.1) is 0 Å². The quantitative estimate of drug-likeness (QED) is 0.543. The summed E-state index contributed by atoms with van der Waals surface area (Å²) >= 11 is 0. The van der Waals surface area contributed by atoms with Gasteiger partial charge in [-0.05, 0) is 6.92 Å². The fourth-order valence-electron chi connectivity index (χ4n) is 0.818. The SMILES string of the molecule is Cc1cc(=O)n(S(=O)(=O)O)c(=O)[nH]1. The highest BCUT2D eigenvalue weighted by atomic mass is 32.2. The molecule has 0 radical (unpaired) electrons.